The Morgan fingerprint density at radius 3 is 2.74 bits per heavy atom. The molecule has 3 nitrogen and oxygen atoms in total. The van der Waals surface area contributed by atoms with Gasteiger partial charge in [-0.3, -0.25) is 0 Å². The van der Waals surface area contributed by atoms with Gasteiger partial charge in [0.1, 0.15) is 5.75 Å². The number of rotatable bonds is 3. The van der Waals surface area contributed by atoms with Crippen molar-refractivity contribution < 1.29 is 23.0 Å². The lowest BCUT2D eigenvalue weighted by molar-refractivity contribution is -0.137. The van der Waals surface area contributed by atoms with Crippen molar-refractivity contribution in [2.45, 2.75) is 25.1 Å². The van der Waals surface area contributed by atoms with Crippen LogP contribution in [0.2, 0.25) is 0 Å². The molecule has 1 heterocycles. The van der Waals surface area contributed by atoms with Gasteiger partial charge in [-0.15, -0.1) is 0 Å². The molecule has 0 aromatic heterocycles. The highest BCUT2D eigenvalue weighted by atomic mass is 19.4. The van der Waals surface area contributed by atoms with Gasteiger partial charge in [-0.2, -0.15) is 13.2 Å². The van der Waals surface area contributed by atoms with Crippen LogP contribution in [0, 0.1) is 0 Å². The number of benzene rings is 1. The summed E-state index contributed by atoms with van der Waals surface area (Å²) >= 11 is 0. The first kappa shape index (κ1) is 14.0. The fourth-order valence-electron chi connectivity index (χ4n) is 2.47. The van der Waals surface area contributed by atoms with Gasteiger partial charge in [-0.25, -0.2) is 0 Å². The van der Waals surface area contributed by atoms with Crippen LogP contribution in [0.15, 0.2) is 18.2 Å². The Hall–Kier alpha value is -1.43. The molecule has 1 unspecified atom stereocenters. The smallest absolute Gasteiger partial charge is 0.416 e. The number of hydrogen-bond donors (Lipinski definition) is 1. The van der Waals surface area contributed by atoms with Gasteiger partial charge in [-0.1, -0.05) is 0 Å². The number of hydrogen-bond acceptors (Lipinski definition) is 3. The molecule has 6 heteroatoms. The highest BCUT2D eigenvalue weighted by Gasteiger charge is 2.33. The standard InChI is InChI=1S/C13H16F3NO2/c1-19-8-10-3-2-4-17(10)11-5-9(13(14,15)16)6-12(18)7-11/h5-7,10,18H,2-4,8H2,1H3. The highest BCUT2D eigenvalue weighted by Crippen LogP contribution is 2.36. The molecule has 1 fully saturated rings. The summed E-state index contributed by atoms with van der Waals surface area (Å²) in [7, 11) is 1.57. The van der Waals surface area contributed by atoms with Gasteiger partial charge in [0, 0.05) is 25.4 Å². The van der Waals surface area contributed by atoms with Crippen molar-refractivity contribution in [3.05, 3.63) is 23.8 Å². The van der Waals surface area contributed by atoms with E-state index in [2.05, 4.69) is 0 Å². The number of aromatic hydroxyl groups is 1. The van der Waals surface area contributed by atoms with Gasteiger partial charge in [0.2, 0.25) is 0 Å². The normalized spacial score (nSPS) is 20.0. The Morgan fingerprint density at radius 2 is 2.11 bits per heavy atom. The number of nitrogens with zero attached hydrogens (tertiary/aromatic N) is 1. The Kier molecular flexibility index (Phi) is 3.89. The van der Waals surface area contributed by atoms with Crippen molar-refractivity contribution in [3.63, 3.8) is 0 Å². The Morgan fingerprint density at radius 1 is 1.37 bits per heavy atom. The highest BCUT2D eigenvalue weighted by molar-refractivity contribution is 5.55. The average molecular weight is 275 g/mol. The maximum absolute atomic E-state index is 12.7. The number of phenolic OH excluding ortho intramolecular Hbond substituents is 1. The van der Waals surface area contributed by atoms with Crippen molar-refractivity contribution in [3.8, 4) is 5.75 Å². The maximum Gasteiger partial charge on any atom is 0.416 e. The number of ether oxygens (including phenoxy) is 1. The predicted octanol–water partition coefficient (Wildman–Crippen LogP) is 3.03. The Bertz CT molecular complexity index is 448. The lowest BCUT2D eigenvalue weighted by Gasteiger charge is -2.27. The second kappa shape index (κ2) is 5.28. The summed E-state index contributed by atoms with van der Waals surface area (Å²) < 4.78 is 43.3. The van der Waals surface area contributed by atoms with Crippen molar-refractivity contribution in [2.24, 2.45) is 0 Å². The molecular weight excluding hydrogens is 259 g/mol. The molecule has 1 aromatic rings. The first-order valence-corrected chi connectivity index (χ1v) is 6.08. The Balaban J connectivity index is 2.31. The molecule has 1 saturated heterocycles. The Labute approximate surface area is 109 Å². The van der Waals surface area contributed by atoms with Crippen LogP contribution in [0.25, 0.3) is 0 Å². The molecule has 1 aliphatic heterocycles. The molecule has 19 heavy (non-hydrogen) atoms. The predicted molar refractivity (Wildman–Crippen MR) is 65.4 cm³/mol. The molecule has 0 saturated carbocycles. The molecule has 0 spiro atoms. The zero-order chi connectivity index (χ0) is 14.0. The van der Waals surface area contributed by atoms with E-state index in [-0.39, 0.29) is 11.8 Å². The molecular formula is C13H16F3NO2. The van der Waals surface area contributed by atoms with E-state index in [1.165, 1.54) is 6.07 Å². The minimum atomic E-state index is -4.45. The summed E-state index contributed by atoms with van der Waals surface area (Å²) in [5, 5.41) is 9.48. The zero-order valence-electron chi connectivity index (χ0n) is 10.6. The molecule has 0 aliphatic carbocycles. The van der Waals surface area contributed by atoms with Gasteiger partial charge in [0.15, 0.2) is 0 Å². The summed E-state index contributed by atoms with van der Waals surface area (Å²) in [5.41, 5.74) is -0.433. The van der Waals surface area contributed by atoms with Crippen LogP contribution in [0.4, 0.5) is 18.9 Å². The van der Waals surface area contributed by atoms with Crippen LogP contribution in [-0.4, -0.2) is 31.4 Å². The van der Waals surface area contributed by atoms with E-state index in [1.807, 2.05) is 4.90 Å². The van der Waals surface area contributed by atoms with E-state index in [0.29, 0.717) is 18.8 Å². The number of anilines is 1. The first-order chi connectivity index (χ1) is 8.91. The molecule has 0 radical (unpaired) electrons. The number of phenols is 1. The third kappa shape index (κ3) is 3.12. The summed E-state index contributed by atoms with van der Waals surface area (Å²) in [5.74, 6) is -0.368. The van der Waals surface area contributed by atoms with E-state index < -0.39 is 11.7 Å². The summed E-state index contributed by atoms with van der Waals surface area (Å²) in [6.07, 6.45) is -2.67. The molecule has 0 bridgehead atoms. The fourth-order valence-corrected chi connectivity index (χ4v) is 2.47. The maximum atomic E-state index is 12.7. The fraction of sp³-hybridized carbons (Fsp3) is 0.538. The van der Waals surface area contributed by atoms with Crippen LogP contribution < -0.4 is 4.90 Å². The van der Waals surface area contributed by atoms with Crippen LogP contribution in [0.5, 0.6) is 5.75 Å². The average Bonchev–Trinajstić information content (AvgIpc) is 2.76. The third-order valence-corrected chi connectivity index (χ3v) is 3.30. The summed E-state index contributed by atoms with van der Waals surface area (Å²) in [4.78, 5) is 1.86. The van der Waals surface area contributed by atoms with Crippen molar-refractivity contribution >= 4 is 5.69 Å². The van der Waals surface area contributed by atoms with Crippen LogP contribution in [-0.2, 0) is 10.9 Å². The van der Waals surface area contributed by atoms with Crippen LogP contribution >= 0.6 is 0 Å². The van der Waals surface area contributed by atoms with Crippen LogP contribution in [0.3, 0.4) is 0 Å². The van der Waals surface area contributed by atoms with Crippen molar-refractivity contribution in [2.75, 3.05) is 25.2 Å². The zero-order valence-corrected chi connectivity index (χ0v) is 10.6. The second-order valence-corrected chi connectivity index (χ2v) is 4.68. The minimum Gasteiger partial charge on any atom is -0.508 e. The van der Waals surface area contributed by atoms with E-state index >= 15 is 0 Å². The molecule has 1 aliphatic rings. The van der Waals surface area contributed by atoms with E-state index in [1.54, 1.807) is 7.11 Å². The topological polar surface area (TPSA) is 32.7 Å². The third-order valence-electron chi connectivity index (χ3n) is 3.30. The lowest BCUT2D eigenvalue weighted by Crippen LogP contribution is -2.32. The van der Waals surface area contributed by atoms with E-state index in [9.17, 15) is 18.3 Å². The van der Waals surface area contributed by atoms with Crippen molar-refractivity contribution in [1.29, 1.82) is 0 Å². The second-order valence-electron chi connectivity index (χ2n) is 4.68. The van der Waals surface area contributed by atoms with Gasteiger partial charge >= 0.3 is 6.18 Å². The van der Waals surface area contributed by atoms with Gasteiger partial charge in [-0.05, 0) is 25.0 Å². The number of methoxy groups -OCH3 is 1. The van der Waals surface area contributed by atoms with Gasteiger partial charge in [0.05, 0.1) is 18.2 Å². The summed E-state index contributed by atoms with van der Waals surface area (Å²) in [6.45, 7) is 1.14. The SMILES string of the molecule is COCC1CCCN1c1cc(O)cc(C(F)(F)F)c1. The molecule has 1 atom stereocenters. The molecule has 106 valence electrons. The van der Waals surface area contributed by atoms with Crippen molar-refractivity contribution in [1.82, 2.24) is 0 Å². The van der Waals surface area contributed by atoms with Crippen LogP contribution in [0.1, 0.15) is 18.4 Å². The lowest BCUT2D eigenvalue weighted by atomic mass is 10.1. The minimum absolute atomic E-state index is 0.0629. The molecule has 1 N–H and O–H groups in total. The molecule has 0 amide bonds. The largest absolute Gasteiger partial charge is 0.508 e. The number of halogens is 3. The van der Waals surface area contributed by atoms with E-state index in [4.69, 9.17) is 4.74 Å². The van der Waals surface area contributed by atoms with Gasteiger partial charge in [0.25, 0.3) is 0 Å². The number of alkyl halides is 3. The van der Waals surface area contributed by atoms with Gasteiger partial charge < -0.3 is 14.7 Å². The molecule has 1 aromatic carbocycles. The first-order valence-electron chi connectivity index (χ1n) is 6.08. The monoisotopic (exact) mass is 275 g/mol. The summed E-state index contributed by atoms with van der Waals surface area (Å²) in [6, 6.07) is 3.25. The molecule has 2 rings (SSSR count). The van der Waals surface area contributed by atoms with E-state index in [0.717, 1.165) is 25.0 Å². The quantitative estimate of drug-likeness (QED) is 0.920.